The van der Waals surface area contributed by atoms with Gasteiger partial charge >= 0.3 is 0 Å². The van der Waals surface area contributed by atoms with Gasteiger partial charge in [-0.15, -0.1) is 0 Å². The van der Waals surface area contributed by atoms with Crippen LogP contribution >= 0.6 is 0 Å². The van der Waals surface area contributed by atoms with Gasteiger partial charge in [-0.1, -0.05) is 0 Å². The van der Waals surface area contributed by atoms with Gasteiger partial charge in [0.25, 0.3) is 0 Å². The molecular weight excluding hydrogens is 92.1 g/mol. The number of hydrazine groups is 1. The van der Waals surface area contributed by atoms with Crippen molar-refractivity contribution in [3.05, 3.63) is 0 Å². The molecule has 7 heavy (non-hydrogen) atoms. The Morgan fingerprint density at radius 2 is 2.57 bits per heavy atom. The predicted molar refractivity (Wildman–Crippen MR) is 26.5 cm³/mol. The molecule has 0 aromatic heterocycles. The fourth-order valence-corrected chi connectivity index (χ4v) is 0.569. The van der Waals surface area contributed by atoms with E-state index in [0.29, 0.717) is 12.1 Å². The van der Waals surface area contributed by atoms with Crippen molar-refractivity contribution in [1.82, 2.24) is 5.43 Å². The van der Waals surface area contributed by atoms with Crippen molar-refractivity contribution in [2.75, 3.05) is 6.61 Å². The van der Waals surface area contributed by atoms with Crippen molar-refractivity contribution in [3.8, 4) is 0 Å². The molecule has 0 amide bonds. The number of nitrogens with two attached hydrogens (primary N) is 1. The van der Waals surface area contributed by atoms with Crippen molar-refractivity contribution >= 4 is 0 Å². The van der Waals surface area contributed by atoms with Crippen molar-refractivity contribution in [3.63, 3.8) is 0 Å². The van der Waals surface area contributed by atoms with Crippen LogP contribution in [0.5, 0.6) is 0 Å². The van der Waals surface area contributed by atoms with Crippen LogP contribution < -0.4 is 11.3 Å². The lowest BCUT2D eigenvalue weighted by atomic mass is 10.1. The summed E-state index contributed by atoms with van der Waals surface area (Å²) in [6.07, 6.45) is 0.310. The molecule has 42 valence electrons. The van der Waals surface area contributed by atoms with Crippen molar-refractivity contribution in [1.29, 1.82) is 0 Å². The van der Waals surface area contributed by atoms with Crippen LogP contribution in [0.1, 0.15) is 6.92 Å². The summed E-state index contributed by atoms with van der Waals surface area (Å²) in [6, 6.07) is 0.389. The average molecular weight is 102 g/mol. The zero-order valence-corrected chi connectivity index (χ0v) is 4.35. The van der Waals surface area contributed by atoms with Gasteiger partial charge in [0, 0.05) is 0 Å². The molecule has 0 bridgehead atoms. The highest BCUT2D eigenvalue weighted by molar-refractivity contribution is 4.78. The number of hydrogen-bond acceptors (Lipinski definition) is 3. The Bertz CT molecular complexity index is 64.7. The van der Waals surface area contributed by atoms with E-state index in [-0.39, 0.29) is 0 Å². The number of hydrogen-bond donors (Lipinski definition) is 2. The summed E-state index contributed by atoms with van der Waals surface area (Å²) in [4.78, 5) is 0. The first kappa shape index (κ1) is 5.03. The third kappa shape index (κ3) is 0.748. The summed E-state index contributed by atoms with van der Waals surface area (Å²) in [7, 11) is 0. The Morgan fingerprint density at radius 3 is 2.57 bits per heavy atom. The lowest BCUT2D eigenvalue weighted by Gasteiger charge is -2.33. The highest BCUT2D eigenvalue weighted by Crippen LogP contribution is 2.08. The molecule has 2 atom stereocenters. The first-order valence-electron chi connectivity index (χ1n) is 2.42. The topological polar surface area (TPSA) is 47.3 Å². The van der Waals surface area contributed by atoms with Crippen LogP contribution in [-0.4, -0.2) is 18.8 Å². The normalized spacial score (nSPS) is 40.3. The molecule has 2 unspecified atom stereocenters. The molecule has 0 aromatic carbocycles. The number of rotatable bonds is 1. The van der Waals surface area contributed by atoms with E-state index in [9.17, 15) is 0 Å². The summed E-state index contributed by atoms with van der Waals surface area (Å²) in [5, 5.41) is 0. The SMILES string of the molecule is CC1OCC1NN. The zero-order chi connectivity index (χ0) is 5.28. The summed E-state index contributed by atoms with van der Waals surface area (Å²) in [5.41, 5.74) is 2.63. The number of nitrogens with one attached hydrogen (secondary N) is 1. The second-order valence-electron chi connectivity index (χ2n) is 1.81. The van der Waals surface area contributed by atoms with Crippen LogP contribution in [0, 0.1) is 0 Å². The van der Waals surface area contributed by atoms with Gasteiger partial charge in [-0.05, 0) is 6.92 Å². The smallest absolute Gasteiger partial charge is 0.0736 e. The van der Waals surface area contributed by atoms with Gasteiger partial charge in [0.2, 0.25) is 0 Å². The second kappa shape index (κ2) is 1.78. The van der Waals surface area contributed by atoms with Crippen molar-refractivity contribution in [2.24, 2.45) is 5.84 Å². The summed E-state index contributed by atoms with van der Waals surface area (Å²) in [6.45, 7) is 2.76. The highest BCUT2D eigenvalue weighted by Gasteiger charge is 2.25. The molecule has 3 nitrogen and oxygen atoms in total. The molecule has 1 aliphatic rings. The summed E-state index contributed by atoms with van der Waals surface area (Å²) in [5.74, 6) is 5.09. The van der Waals surface area contributed by atoms with E-state index in [1.54, 1.807) is 0 Å². The molecule has 1 heterocycles. The minimum Gasteiger partial charge on any atom is -0.375 e. The molecule has 0 saturated carbocycles. The average Bonchev–Trinajstić information content (AvgIpc) is 1.65. The van der Waals surface area contributed by atoms with Crippen molar-refractivity contribution in [2.45, 2.75) is 19.1 Å². The van der Waals surface area contributed by atoms with E-state index >= 15 is 0 Å². The second-order valence-corrected chi connectivity index (χ2v) is 1.81. The van der Waals surface area contributed by atoms with Gasteiger partial charge in [0.1, 0.15) is 0 Å². The molecule has 0 aromatic rings. The fraction of sp³-hybridized carbons (Fsp3) is 1.00. The van der Waals surface area contributed by atoms with E-state index in [0.717, 1.165) is 6.61 Å². The molecule has 1 fully saturated rings. The molecular formula is C4H10N2O. The van der Waals surface area contributed by atoms with Crippen LogP contribution in [0.3, 0.4) is 0 Å². The first-order valence-corrected chi connectivity index (χ1v) is 2.42. The molecule has 0 aliphatic carbocycles. The van der Waals surface area contributed by atoms with Gasteiger partial charge < -0.3 is 4.74 Å². The third-order valence-corrected chi connectivity index (χ3v) is 1.32. The van der Waals surface area contributed by atoms with E-state index < -0.39 is 0 Å². The quantitative estimate of drug-likeness (QED) is 0.338. The highest BCUT2D eigenvalue weighted by atomic mass is 16.5. The summed E-state index contributed by atoms with van der Waals surface area (Å²) >= 11 is 0. The van der Waals surface area contributed by atoms with Gasteiger partial charge in [-0.2, -0.15) is 0 Å². The Morgan fingerprint density at radius 1 is 1.86 bits per heavy atom. The standard InChI is InChI=1S/C4H10N2O/c1-3-4(6-5)2-7-3/h3-4,6H,2,5H2,1H3. The molecule has 3 heteroatoms. The van der Waals surface area contributed by atoms with E-state index in [4.69, 9.17) is 10.6 Å². The lowest BCUT2D eigenvalue weighted by Crippen LogP contribution is -2.55. The van der Waals surface area contributed by atoms with Gasteiger partial charge in [0.05, 0.1) is 18.8 Å². The Hall–Kier alpha value is -0.120. The Labute approximate surface area is 42.8 Å². The summed E-state index contributed by atoms with van der Waals surface area (Å²) < 4.78 is 4.99. The largest absolute Gasteiger partial charge is 0.375 e. The van der Waals surface area contributed by atoms with Gasteiger partial charge in [-0.25, -0.2) is 0 Å². The van der Waals surface area contributed by atoms with Gasteiger partial charge in [-0.3, -0.25) is 11.3 Å². The maximum absolute atomic E-state index is 5.09. The molecule has 0 radical (unpaired) electrons. The van der Waals surface area contributed by atoms with Crippen LogP contribution in [0.25, 0.3) is 0 Å². The minimum absolute atomic E-state index is 0.310. The predicted octanol–water partition coefficient (Wildman–Crippen LogP) is -0.763. The molecule has 1 saturated heterocycles. The lowest BCUT2D eigenvalue weighted by molar-refractivity contribution is -0.0750. The molecule has 1 rings (SSSR count). The van der Waals surface area contributed by atoms with E-state index in [2.05, 4.69) is 5.43 Å². The number of ether oxygens (including phenoxy) is 1. The molecule has 1 aliphatic heterocycles. The van der Waals surface area contributed by atoms with Crippen LogP contribution in [0.4, 0.5) is 0 Å². The van der Waals surface area contributed by atoms with E-state index in [1.807, 2.05) is 6.92 Å². The van der Waals surface area contributed by atoms with Gasteiger partial charge in [0.15, 0.2) is 0 Å². The molecule has 0 spiro atoms. The maximum Gasteiger partial charge on any atom is 0.0736 e. The van der Waals surface area contributed by atoms with Crippen LogP contribution in [0.2, 0.25) is 0 Å². The Balaban J connectivity index is 2.16. The van der Waals surface area contributed by atoms with Crippen molar-refractivity contribution < 1.29 is 4.74 Å². The molecule has 3 N–H and O–H groups in total. The van der Waals surface area contributed by atoms with E-state index in [1.165, 1.54) is 0 Å². The first-order chi connectivity index (χ1) is 3.34. The minimum atomic E-state index is 0.310. The maximum atomic E-state index is 5.09. The fourth-order valence-electron chi connectivity index (χ4n) is 0.569. The Kier molecular flexibility index (Phi) is 1.27. The zero-order valence-electron chi connectivity index (χ0n) is 4.35. The van der Waals surface area contributed by atoms with Crippen LogP contribution in [-0.2, 0) is 4.74 Å². The monoisotopic (exact) mass is 102 g/mol. The van der Waals surface area contributed by atoms with Crippen LogP contribution in [0.15, 0.2) is 0 Å². The third-order valence-electron chi connectivity index (χ3n) is 1.32.